The summed E-state index contributed by atoms with van der Waals surface area (Å²) in [5.74, 6) is -2.58. The molecule has 0 aromatic rings. The van der Waals surface area contributed by atoms with Crippen molar-refractivity contribution in [2.24, 2.45) is 11.8 Å². The van der Waals surface area contributed by atoms with E-state index in [0.717, 1.165) is 19.3 Å². The van der Waals surface area contributed by atoms with Crippen LogP contribution in [0.4, 0.5) is 0 Å². The molecule has 156 valence electrons. The summed E-state index contributed by atoms with van der Waals surface area (Å²) in [5.41, 5.74) is 0. The zero-order chi connectivity index (χ0) is 20.1. The normalized spacial score (nSPS) is 20.6. The van der Waals surface area contributed by atoms with Gasteiger partial charge in [-0.05, 0) is 12.8 Å². The molecular formula is C22H38O5. The van der Waals surface area contributed by atoms with Gasteiger partial charge in [0.15, 0.2) is 0 Å². The minimum atomic E-state index is -0.663. The van der Waals surface area contributed by atoms with E-state index in [9.17, 15) is 14.4 Å². The summed E-state index contributed by atoms with van der Waals surface area (Å²) in [6.07, 6.45) is 13.8. The van der Waals surface area contributed by atoms with Gasteiger partial charge in [-0.3, -0.25) is 14.4 Å². The highest BCUT2D eigenvalue weighted by Crippen LogP contribution is 2.29. The lowest BCUT2D eigenvalue weighted by Gasteiger charge is -2.21. The first-order chi connectivity index (χ1) is 13.0. The van der Waals surface area contributed by atoms with Gasteiger partial charge in [-0.15, -0.1) is 0 Å². The molecule has 1 fully saturated rings. The van der Waals surface area contributed by atoms with Crippen LogP contribution >= 0.6 is 0 Å². The van der Waals surface area contributed by atoms with E-state index in [2.05, 4.69) is 11.7 Å². The van der Waals surface area contributed by atoms with Gasteiger partial charge in [0.2, 0.25) is 0 Å². The van der Waals surface area contributed by atoms with Crippen molar-refractivity contribution in [1.29, 1.82) is 0 Å². The molecule has 0 aliphatic carbocycles. The summed E-state index contributed by atoms with van der Waals surface area (Å²) in [6.45, 7) is 5.74. The molecule has 5 nitrogen and oxygen atoms in total. The Kier molecular flexibility index (Phi) is 12.0. The summed E-state index contributed by atoms with van der Waals surface area (Å²) in [5, 5.41) is 0. The zero-order valence-electron chi connectivity index (χ0n) is 17.5. The van der Waals surface area contributed by atoms with Gasteiger partial charge in [0.1, 0.15) is 12.0 Å². The molecule has 1 rings (SSSR count). The summed E-state index contributed by atoms with van der Waals surface area (Å²) in [7, 11) is 0. The lowest BCUT2D eigenvalue weighted by molar-refractivity contribution is -0.158. The third-order valence-electron chi connectivity index (χ3n) is 5.45. The average Bonchev–Trinajstić information content (AvgIpc) is 2.90. The van der Waals surface area contributed by atoms with E-state index in [4.69, 9.17) is 4.74 Å². The van der Waals surface area contributed by atoms with Crippen molar-refractivity contribution in [1.82, 2.24) is 0 Å². The third kappa shape index (κ3) is 8.89. The lowest BCUT2D eigenvalue weighted by Crippen LogP contribution is -2.33. The lowest BCUT2D eigenvalue weighted by atomic mass is 9.90. The number of rotatable bonds is 15. The third-order valence-corrected chi connectivity index (χ3v) is 5.45. The fourth-order valence-electron chi connectivity index (χ4n) is 3.66. The molecule has 1 aliphatic rings. The van der Waals surface area contributed by atoms with Crippen LogP contribution in [0.1, 0.15) is 104 Å². The molecule has 0 aromatic carbocycles. The molecule has 3 atom stereocenters. The number of hydrogen-bond donors (Lipinski definition) is 0. The number of ether oxygens (including phenoxy) is 2. The van der Waals surface area contributed by atoms with E-state index >= 15 is 0 Å². The van der Waals surface area contributed by atoms with Crippen molar-refractivity contribution >= 4 is 17.9 Å². The van der Waals surface area contributed by atoms with Gasteiger partial charge in [-0.25, -0.2) is 0 Å². The van der Waals surface area contributed by atoms with Crippen LogP contribution < -0.4 is 0 Å². The molecule has 5 heteroatoms. The zero-order valence-corrected chi connectivity index (χ0v) is 17.5. The highest BCUT2D eigenvalue weighted by molar-refractivity contribution is 5.96. The molecule has 0 aromatic heterocycles. The SMILES string of the molecule is CCCCCCCCCCCCCC(=O)OC(CC)C1C(=O)OC(=O)C1C. The number of carbonyl (C=O) groups is 3. The van der Waals surface area contributed by atoms with Crippen LogP contribution in [0.3, 0.4) is 0 Å². The summed E-state index contributed by atoms with van der Waals surface area (Å²) in [4.78, 5) is 35.4. The number of hydrogen-bond acceptors (Lipinski definition) is 5. The topological polar surface area (TPSA) is 69.7 Å². The summed E-state index contributed by atoms with van der Waals surface area (Å²) < 4.78 is 10.1. The number of esters is 3. The van der Waals surface area contributed by atoms with Gasteiger partial charge in [0.25, 0.3) is 0 Å². The minimum Gasteiger partial charge on any atom is -0.461 e. The average molecular weight is 383 g/mol. The van der Waals surface area contributed by atoms with E-state index in [-0.39, 0.29) is 5.97 Å². The molecule has 0 N–H and O–H groups in total. The maximum absolute atomic E-state index is 12.1. The molecule has 0 bridgehead atoms. The fraction of sp³-hybridized carbons (Fsp3) is 0.864. The number of cyclic esters (lactones) is 2. The van der Waals surface area contributed by atoms with Gasteiger partial charge in [0.05, 0.1) is 5.92 Å². The van der Waals surface area contributed by atoms with E-state index in [1.165, 1.54) is 51.4 Å². The maximum Gasteiger partial charge on any atom is 0.321 e. The van der Waals surface area contributed by atoms with E-state index in [1.54, 1.807) is 6.92 Å². The van der Waals surface area contributed by atoms with Crippen LogP contribution in [0.5, 0.6) is 0 Å². The smallest absolute Gasteiger partial charge is 0.321 e. The molecular weight excluding hydrogens is 344 g/mol. The van der Waals surface area contributed by atoms with Gasteiger partial charge < -0.3 is 9.47 Å². The van der Waals surface area contributed by atoms with Crippen LogP contribution in [0.25, 0.3) is 0 Å². The maximum atomic E-state index is 12.1. The minimum absolute atomic E-state index is 0.280. The number of unbranched alkanes of at least 4 members (excludes halogenated alkanes) is 10. The fourth-order valence-corrected chi connectivity index (χ4v) is 3.66. The van der Waals surface area contributed by atoms with Crippen LogP contribution in [-0.2, 0) is 23.9 Å². The van der Waals surface area contributed by atoms with Gasteiger partial charge in [-0.1, -0.05) is 85.0 Å². The highest BCUT2D eigenvalue weighted by atomic mass is 16.6. The Morgan fingerprint density at radius 2 is 1.41 bits per heavy atom. The molecule has 0 spiro atoms. The summed E-state index contributed by atoms with van der Waals surface area (Å²) >= 11 is 0. The Hall–Kier alpha value is -1.39. The molecule has 1 saturated heterocycles. The summed E-state index contributed by atoms with van der Waals surface area (Å²) in [6, 6.07) is 0. The molecule has 0 radical (unpaired) electrons. The second-order valence-corrected chi connectivity index (χ2v) is 7.78. The molecule has 1 aliphatic heterocycles. The van der Waals surface area contributed by atoms with Gasteiger partial charge in [0, 0.05) is 6.42 Å². The van der Waals surface area contributed by atoms with Crippen LogP contribution in [0.2, 0.25) is 0 Å². The molecule has 27 heavy (non-hydrogen) atoms. The van der Waals surface area contributed by atoms with E-state index < -0.39 is 29.9 Å². The molecule has 1 heterocycles. The quantitative estimate of drug-likeness (QED) is 0.217. The van der Waals surface area contributed by atoms with Crippen molar-refractivity contribution in [3.05, 3.63) is 0 Å². The number of carbonyl (C=O) groups excluding carboxylic acids is 3. The first-order valence-corrected chi connectivity index (χ1v) is 11.0. The standard InChI is InChI=1S/C22H38O5/c1-4-6-7-8-9-10-11-12-13-14-15-16-19(23)26-18(5-2)20-17(3)21(24)27-22(20)25/h17-18,20H,4-16H2,1-3H3. The van der Waals surface area contributed by atoms with E-state index in [1.807, 2.05) is 6.92 Å². The monoisotopic (exact) mass is 382 g/mol. The van der Waals surface area contributed by atoms with Gasteiger partial charge in [-0.2, -0.15) is 0 Å². The first kappa shape index (κ1) is 23.6. The van der Waals surface area contributed by atoms with Gasteiger partial charge >= 0.3 is 17.9 Å². The van der Waals surface area contributed by atoms with Crippen molar-refractivity contribution in [3.8, 4) is 0 Å². The van der Waals surface area contributed by atoms with Crippen molar-refractivity contribution < 1.29 is 23.9 Å². The Balaban J connectivity index is 2.09. The van der Waals surface area contributed by atoms with Crippen molar-refractivity contribution in [2.45, 2.75) is 110 Å². The van der Waals surface area contributed by atoms with Crippen LogP contribution in [-0.4, -0.2) is 24.0 Å². The second-order valence-electron chi connectivity index (χ2n) is 7.78. The van der Waals surface area contributed by atoms with Crippen molar-refractivity contribution in [3.63, 3.8) is 0 Å². The Labute approximate surface area is 164 Å². The molecule has 0 amide bonds. The Bertz CT molecular complexity index is 460. The van der Waals surface area contributed by atoms with E-state index in [0.29, 0.717) is 12.8 Å². The second kappa shape index (κ2) is 13.7. The molecule has 0 saturated carbocycles. The van der Waals surface area contributed by atoms with Crippen LogP contribution in [0, 0.1) is 11.8 Å². The Morgan fingerprint density at radius 3 is 1.85 bits per heavy atom. The van der Waals surface area contributed by atoms with Crippen LogP contribution in [0.15, 0.2) is 0 Å². The molecule has 3 unspecified atom stereocenters. The Morgan fingerprint density at radius 1 is 0.889 bits per heavy atom. The highest BCUT2D eigenvalue weighted by Gasteiger charge is 2.46. The first-order valence-electron chi connectivity index (χ1n) is 11.0. The predicted octanol–water partition coefficient (Wildman–Crippen LogP) is 5.35. The van der Waals surface area contributed by atoms with Crippen molar-refractivity contribution in [2.75, 3.05) is 0 Å². The largest absolute Gasteiger partial charge is 0.461 e. The predicted molar refractivity (Wildman–Crippen MR) is 105 cm³/mol.